The van der Waals surface area contributed by atoms with Crippen LogP contribution in [0.4, 0.5) is 11.4 Å². The minimum Gasteiger partial charge on any atom is -0.493 e. The van der Waals surface area contributed by atoms with E-state index in [-0.39, 0.29) is 12.5 Å². The van der Waals surface area contributed by atoms with E-state index in [2.05, 4.69) is 24.1 Å². The van der Waals surface area contributed by atoms with E-state index in [1.807, 2.05) is 12.1 Å². The molecule has 0 spiro atoms. The summed E-state index contributed by atoms with van der Waals surface area (Å²) in [5.41, 5.74) is 2.28. The molecule has 7 heteroatoms. The summed E-state index contributed by atoms with van der Waals surface area (Å²) < 4.78 is 16.3. The van der Waals surface area contributed by atoms with Crippen LogP contribution in [0.5, 0.6) is 5.75 Å². The minimum atomic E-state index is -0.421. The predicted octanol–water partition coefficient (Wildman–Crippen LogP) is 3.99. The number of benzene rings is 2. The Labute approximate surface area is 183 Å². The fraction of sp³-hybridized carbons (Fsp3) is 0.417. The van der Waals surface area contributed by atoms with Crippen LogP contribution in [0.3, 0.4) is 0 Å². The number of rotatable bonds is 8. The highest BCUT2D eigenvalue weighted by Gasteiger charge is 2.19. The lowest BCUT2D eigenvalue weighted by atomic mass is 10.1. The normalized spacial score (nSPS) is 13.7. The molecule has 0 aliphatic carbocycles. The van der Waals surface area contributed by atoms with Crippen molar-refractivity contribution in [3.8, 4) is 5.75 Å². The van der Waals surface area contributed by atoms with Gasteiger partial charge < -0.3 is 24.4 Å². The third kappa shape index (κ3) is 6.21. The van der Waals surface area contributed by atoms with Gasteiger partial charge in [-0.3, -0.25) is 4.79 Å². The first kappa shape index (κ1) is 22.6. The Morgan fingerprint density at radius 1 is 1.10 bits per heavy atom. The molecule has 1 heterocycles. The maximum Gasteiger partial charge on any atom is 0.338 e. The second-order valence-corrected chi connectivity index (χ2v) is 7.74. The molecule has 0 saturated carbocycles. The summed E-state index contributed by atoms with van der Waals surface area (Å²) >= 11 is 0. The van der Waals surface area contributed by atoms with Crippen LogP contribution in [0, 0.1) is 5.92 Å². The summed E-state index contributed by atoms with van der Waals surface area (Å²) in [6.45, 7) is 9.41. The molecule has 7 nitrogen and oxygen atoms in total. The van der Waals surface area contributed by atoms with Crippen LogP contribution in [0.25, 0.3) is 0 Å². The van der Waals surface area contributed by atoms with Gasteiger partial charge in [0.15, 0.2) is 0 Å². The van der Waals surface area contributed by atoms with Crippen LogP contribution in [-0.2, 0) is 9.47 Å². The van der Waals surface area contributed by atoms with Crippen LogP contribution in [0.15, 0.2) is 42.5 Å². The molecule has 0 bridgehead atoms. The van der Waals surface area contributed by atoms with Crippen molar-refractivity contribution in [3.05, 3.63) is 53.6 Å². The largest absolute Gasteiger partial charge is 0.493 e. The number of amides is 1. The molecule has 0 atom stereocenters. The molecule has 1 N–H and O–H groups in total. The molecule has 1 fully saturated rings. The van der Waals surface area contributed by atoms with Gasteiger partial charge in [0.1, 0.15) is 5.75 Å². The third-order valence-electron chi connectivity index (χ3n) is 4.79. The standard InChI is InChI=1S/C24H30N2O5/c1-4-30-24(28)19-8-9-22(26-10-12-29-13-11-26)21(15-19)25-23(27)18-6-5-7-20(14-18)31-16-17(2)3/h5-9,14-15,17H,4,10-13,16H2,1-3H3,(H,25,27). The number of esters is 1. The molecule has 3 rings (SSSR count). The Bertz CT molecular complexity index is 907. The van der Waals surface area contributed by atoms with Gasteiger partial charge in [-0.2, -0.15) is 0 Å². The molecule has 0 unspecified atom stereocenters. The first-order valence-corrected chi connectivity index (χ1v) is 10.7. The number of anilines is 2. The number of carbonyl (C=O) groups excluding carboxylic acids is 2. The number of carbonyl (C=O) groups is 2. The van der Waals surface area contributed by atoms with Crippen molar-refractivity contribution in [2.45, 2.75) is 20.8 Å². The number of ether oxygens (including phenoxy) is 3. The Morgan fingerprint density at radius 3 is 2.58 bits per heavy atom. The second kappa shape index (κ2) is 10.8. The van der Waals surface area contributed by atoms with Crippen molar-refractivity contribution in [1.29, 1.82) is 0 Å². The topological polar surface area (TPSA) is 77.1 Å². The van der Waals surface area contributed by atoms with Gasteiger partial charge in [0.05, 0.1) is 43.4 Å². The predicted molar refractivity (Wildman–Crippen MR) is 120 cm³/mol. The summed E-state index contributed by atoms with van der Waals surface area (Å²) in [4.78, 5) is 27.4. The summed E-state index contributed by atoms with van der Waals surface area (Å²) in [7, 11) is 0. The van der Waals surface area contributed by atoms with Crippen LogP contribution >= 0.6 is 0 Å². The van der Waals surface area contributed by atoms with Crippen molar-refractivity contribution < 1.29 is 23.8 Å². The Balaban J connectivity index is 1.85. The fourth-order valence-electron chi connectivity index (χ4n) is 3.24. The van der Waals surface area contributed by atoms with Crippen molar-refractivity contribution in [3.63, 3.8) is 0 Å². The Hall–Kier alpha value is -3.06. The highest BCUT2D eigenvalue weighted by atomic mass is 16.5. The smallest absolute Gasteiger partial charge is 0.338 e. The minimum absolute atomic E-state index is 0.273. The zero-order valence-electron chi connectivity index (χ0n) is 18.3. The Morgan fingerprint density at radius 2 is 1.87 bits per heavy atom. The molecule has 2 aromatic carbocycles. The van der Waals surface area contributed by atoms with E-state index in [4.69, 9.17) is 14.2 Å². The summed E-state index contributed by atoms with van der Waals surface area (Å²) in [5.74, 6) is 0.343. The van der Waals surface area contributed by atoms with E-state index in [1.54, 1.807) is 37.3 Å². The molecule has 0 radical (unpaired) electrons. The molecule has 1 aliphatic rings. The first-order chi connectivity index (χ1) is 15.0. The average molecular weight is 427 g/mol. The van der Waals surface area contributed by atoms with Crippen molar-refractivity contribution >= 4 is 23.3 Å². The molecule has 166 valence electrons. The van der Waals surface area contributed by atoms with E-state index < -0.39 is 5.97 Å². The maximum absolute atomic E-state index is 13.0. The molecule has 2 aromatic rings. The molecule has 1 aliphatic heterocycles. The van der Waals surface area contributed by atoms with Gasteiger partial charge in [0.2, 0.25) is 0 Å². The van der Waals surface area contributed by atoms with Crippen LogP contribution in [-0.4, -0.2) is 51.4 Å². The van der Waals surface area contributed by atoms with E-state index in [9.17, 15) is 9.59 Å². The lowest BCUT2D eigenvalue weighted by Crippen LogP contribution is -2.36. The van der Waals surface area contributed by atoms with Crippen LogP contribution in [0.1, 0.15) is 41.5 Å². The molecule has 0 aromatic heterocycles. The van der Waals surface area contributed by atoms with E-state index in [1.165, 1.54) is 0 Å². The summed E-state index contributed by atoms with van der Waals surface area (Å²) in [6, 6.07) is 12.3. The number of hydrogen-bond donors (Lipinski definition) is 1. The molecular formula is C24H30N2O5. The van der Waals surface area contributed by atoms with Crippen molar-refractivity contribution in [1.82, 2.24) is 0 Å². The van der Waals surface area contributed by atoms with Gasteiger partial charge in [0.25, 0.3) is 5.91 Å². The second-order valence-electron chi connectivity index (χ2n) is 7.74. The van der Waals surface area contributed by atoms with Gasteiger partial charge in [-0.25, -0.2) is 4.79 Å². The number of nitrogens with zero attached hydrogens (tertiary/aromatic N) is 1. The number of nitrogens with one attached hydrogen (secondary N) is 1. The lowest BCUT2D eigenvalue weighted by Gasteiger charge is -2.30. The average Bonchev–Trinajstić information content (AvgIpc) is 2.78. The SMILES string of the molecule is CCOC(=O)c1ccc(N2CCOCC2)c(NC(=O)c2cccc(OCC(C)C)c2)c1. The quantitative estimate of drug-likeness (QED) is 0.644. The van der Waals surface area contributed by atoms with Crippen molar-refractivity contribution in [2.24, 2.45) is 5.92 Å². The van der Waals surface area contributed by atoms with Crippen molar-refractivity contribution in [2.75, 3.05) is 49.7 Å². The zero-order chi connectivity index (χ0) is 22.2. The van der Waals surface area contributed by atoms with E-state index in [0.717, 1.165) is 5.69 Å². The van der Waals surface area contributed by atoms with Gasteiger partial charge in [-0.05, 0) is 49.2 Å². The summed E-state index contributed by atoms with van der Waals surface area (Å²) in [5, 5.41) is 2.97. The molecule has 1 saturated heterocycles. The van der Waals surface area contributed by atoms with Gasteiger partial charge >= 0.3 is 5.97 Å². The fourth-order valence-corrected chi connectivity index (χ4v) is 3.24. The van der Waals surface area contributed by atoms with Crippen LogP contribution in [0.2, 0.25) is 0 Å². The number of hydrogen-bond acceptors (Lipinski definition) is 6. The summed E-state index contributed by atoms with van der Waals surface area (Å²) in [6.07, 6.45) is 0. The lowest BCUT2D eigenvalue weighted by molar-refractivity contribution is 0.0526. The van der Waals surface area contributed by atoms with Crippen LogP contribution < -0.4 is 15.0 Å². The van der Waals surface area contributed by atoms with Gasteiger partial charge in [-0.15, -0.1) is 0 Å². The third-order valence-corrected chi connectivity index (χ3v) is 4.79. The molecule has 31 heavy (non-hydrogen) atoms. The van der Waals surface area contributed by atoms with Gasteiger partial charge in [-0.1, -0.05) is 19.9 Å². The monoisotopic (exact) mass is 426 g/mol. The van der Waals surface area contributed by atoms with E-state index in [0.29, 0.717) is 61.4 Å². The Kier molecular flexibility index (Phi) is 7.89. The molecular weight excluding hydrogens is 396 g/mol. The highest BCUT2D eigenvalue weighted by molar-refractivity contribution is 6.07. The van der Waals surface area contributed by atoms with Gasteiger partial charge in [0, 0.05) is 18.7 Å². The van der Waals surface area contributed by atoms with E-state index >= 15 is 0 Å². The highest BCUT2D eigenvalue weighted by Crippen LogP contribution is 2.29. The maximum atomic E-state index is 13.0. The molecule has 1 amide bonds. The zero-order valence-corrected chi connectivity index (χ0v) is 18.3. The first-order valence-electron chi connectivity index (χ1n) is 10.7. The number of morpholine rings is 1.